The summed E-state index contributed by atoms with van der Waals surface area (Å²) in [7, 11) is 0. The Bertz CT molecular complexity index is 782. The summed E-state index contributed by atoms with van der Waals surface area (Å²) >= 11 is 0. The Morgan fingerprint density at radius 2 is 1.55 bits per heavy atom. The first-order valence-corrected chi connectivity index (χ1v) is 10.5. The number of halogens is 1. The third-order valence-electron chi connectivity index (χ3n) is 5.92. The lowest BCUT2D eigenvalue weighted by Gasteiger charge is -2.38. The molecule has 1 N–H and O–H groups in total. The van der Waals surface area contributed by atoms with Crippen molar-refractivity contribution in [2.45, 2.75) is 25.4 Å². The summed E-state index contributed by atoms with van der Waals surface area (Å²) in [6.07, 6.45) is 1.99. The van der Waals surface area contributed by atoms with E-state index in [0.29, 0.717) is 13.1 Å². The van der Waals surface area contributed by atoms with Crippen molar-refractivity contribution in [1.82, 2.24) is 15.1 Å². The Kier molecular flexibility index (Phi) is 6.30. The van der Waals surface area contributed by atoms with Crippen LogP contribution >= 0.6 is 0 Å². The first-order valence-electron chi connectivity index (χ1n) is 10.5. The maximum Gasteiger partial charge on any atom is 0.317 e. The van der Waals surface area contributed by atoms with E-state index in [-0.39, 0.29) is 17.9 Å². The van der Waals surface area contributed by atoms with Crippen LogP contribution in [0.5, 0.6) is 0 Å². The van der Waals surface area contributed by atoms with Gasteiger partial charge >= 0.3 is 6.03 Å². The van der Waals surface area contributed by atoms with Gasteiger partial charge in [-0.05, 0) is 42.7 Å². The van der Waals surface area contributed by atoms with Gasteiger partial charge in [0, 0.05) is 57.5 Å². The fraction of sp³-hybridized carbons (Fsp3) is 0.435. The standard InChI is InChI=1S/C23H29FN4O/c24-20-6-8-22(9-7-20)27-14-16-28(17-15-27)23(29)25-21-10-12-26(13-11-21)18-19-4-2-1-3-5-19/h1-9,21H,10-18H2,(H,25,29). The van der Waals surface area contributed by atoms with E-state index >= 15 is 0 Å². The van der Waals surface area contributed by atoms with Gasteiger partial charge in [-0.1, -0.05) is 30.3 Å². The van der Waals surface area contributed by atoms with Crippen molar-refractivity contribution in [2.24, 2.45) is 0 Å². The fourth-order valence-electron chi connectivity index (χ4n) is 4.16. The van der Waals surface area contributed by atoms with Gasteiger partial charge in [0.05, 0.1) is 0 Å². The number of likely N-dealkylation sites (tertiary alicyclic amines) is 1. The molecule has 0 saturated carbocycles. The number of piperidine rings is 1. The molecule has 2 saturated heterocycles. The monoisotopic (exact) mass is 396 g/mol. The Labute approximate surface area is 172 Å². The summed E-state index contributed by atoms with van der Waals surface area (Å²) in [5, 5.41) is 3.23. The highest BCUT2D eigenvalue weighted by atomic mass is 19.1. The van der Waals surface area contributed by atoms with Gasteiger partial charge < -0.3 is 15.1 Å². The second-order valence-corrected chi connectivity index (χ2v) is 7.94. The number of carbonyl (C=O) groups is 1. The number of amides is 2. The predicted octanol–water partition coefficient (Wildman–Crippen LogP) is 3.32. The molecule has 0 atom stereocenters. The van der Waals surface area contributed by atoms with E-state index in [1.807, 2.05) is 11.0 Å². The summed E-state index contributed by atoms with van der Waals surface area (Å²) in [6.45, 7) is 5.93. The second kappa shape index (κ2) is 9.27. The highest BCUT2D eigenvalue weighted by Crippen LogP contribution is 2.18. The lowest BCUT2D eigenvalue weighted by molar-refractivity contribution is 0.167. The fourth-order valence-corrected chi connectivity index (χ4v) is 4.16. The Morgan fingerprint density at radius 1 is 0.897 bits per heavy atom. The number of urea groups is 1. The molecule has 0 unspecified atom stereocenters. The number of anilines is 1. The number of piperazine rings is 1. The van der Waals surface area contributed by atoms with Gasteiger partial charge in [0.15, 0.2) is 0 Å². The molecule has 29 heavy (non-hydrogen) atoms. The van der Waals surface area contributed by atoms with E-state index in [1.165, 1.54) is 17.7 Å². The lowest BCUT2D eigenvalue weighted by Crippen LogP contribution is -2.54. The van der Waals surface area contributed by atoms with E-state index in [0.717, 1.165) is 51.3 Å². The third-order valence-corrected chi connectivity index (χ3v) is 5.92. The van der Waals surface area contributed by atoms with Gasteiger partial charge in [-0.25, -0.2) is 9.18 Å². The summed E-state index contributed by atoms with van der Waals surface area (Å²) < 4.78 is 13.1. The van der Waals surface area contributed by atoms with Crippen molar-refractivity contribution >= 4 is 11.7 Å². The Morgan fingerprint density at radius 3 is 2.21 bits per heavy atom. The molecule has 2 aromatic rings. The van der Waals surface area contributed by atoms with Crippen molar-refractivity contribution in [3.63, 3.8) is 0 Å². The molecule has 154 valence electrons. The molecule has 2 aliphatic heterocycles. The van der Waals surface area contributed by atoms with Crippen molar-refractivity contribution < 1.29 is 9.18 Å². The minimum atomic E-state index is -0.221. The van der Waals surface area contributed by atoms with E-state index in [9.17, 15) is 9.18 Å². The molecular formula is C23H29FN4O. The summed E-state index contributed by atoms with van der Waals surface area (Å²) in [6, 6.07) is 17.4. The molecule has 6 heteroatoms. The Balaban J connectivity index is 1.19. The minimum absolute atomic E-state index is 0.0465. The lowest BCUT2D eigenvalue weighted by atomic mass is 10.0. The van der Waals surface area contributed by atoms with E-state index in [1.54, 1.807) is 12.1 Å². The highest BCUT2D eigenvalue weighted by Gasteiger charge is 2.25. The molecule has 0 aromatic heterocycles. The van der Waals surface area contributed by atoms with Gasteiger partial charge in [0.2, 0.25) is 0 Å². The molecule has 2 aromatic carbocycles. The number of benzene rings is 2. The van der Waals surface area contributed by atoms with Crippen LogP contribution in [0.15, 0.2) is 54.6 Å². The largest absolute Gasteiger partial charge is 0.368 e. The molecule has 4 rings (SSSR count). The average Bonchev–Trinajstić information content (AvgIpc) is 2.76. The normalized spacial score (nSPS) is 18.7. The highest BCUT2D eigenvalue weighted by molar-refractivity contribution is 5.75. The van der Waals surface area contributed by atoms with Gasteiger partial charge in [0.25, 0.3) is 0 Å². The van der Waals surface area contributed by atoms with Gasteiger partial charge in [-0.15, -0.1) is 0 Å². The van der Waals surface area contributed by atoms with Crippen LogP contribution in [-0.2, 0) is 6.54 Å². The second-order valence-electron chi connectivity index (χ2n) is 7.94. The van der Waals surface area contributed by atoms with Crippen LogP contribution < -0.4 is 10.2 Å². The molecule has 5 nitrogen and oxygen atoms in total. The zero-order valence-corrected chi connectivity index (χ0v) is 16.8. The van der Waals surface area contributed by atoms with Crippen molar-refractivity contribution in [3.8, 4) is 0 Å². The average molecular weight is 397 g/mol. The first kappa shape index (κ1) is 19.7. The smallest absolute Gasteiger partial charge is 0.317 e. The zero-order chi connectivity index (χ0) is 20.1. The van der Waals surface area contributed by atoms with Crippen molar-refractivity contribution in [1.29, 1.82) is 0 Å². The predicted molar refractivity (Wildman–Crippen MR) is 113 cm³/mol. The quantitative estimate of drug-likeness (QED) is 0.862. The molecule has 0 spiro atoms. The van der Waals surface area contributed by atoms with Crippen LogP contribution in [0.25, 0.3) is 0 Å². The van der Waals surface area contributed by atoms with Crippen LogP contribution in [-0.4, -0.2) is 61.1 Å². The number of carbonyl (C=O) groups excluding carboxylic acids is 1. The maximum atomic E-state index is 13.1. The van der Waals surface area contributed by atoms with Crippen LogP contribution in [0.4, 0.5) is 14.9 Å². The SMILES string of the molecule is O=C(NC1CCN(Cc2ccccc2)CC1)N1CCN(c2ccc(F)cc2)CC1. The van der Waals surface area contributed by atoms with E-state index in [4.69, 9.17) is 0 Å². The van der Waals surface area contributed by atoms with Crippen LogP contribution in [0.2, 0.25) is 0 Å². The van der Waals surface area contributed by atoms with Crippen LogP contribution in [0.1, 0.15) is 18.4 Å². The third kappa shape index (κ3) is 5.26. The Hall–Kier alpha value is -2.60. The number of nitrogens with zero attached hydrogens (tertiary/aromatic N) is 3. The van der Waals surface area contributed by atoms with E-state index < -0.39 is 0 Å². The molecule has 2 heterocycles. The minimum Gasteiger partial charge on any atom is -0.368 e. The summed E-state index contributed by atoms with van der Waals surface area (Å²) in [5.74, 6) is -0.221. The van der Waals surface area contributed by atoms with Crippen LogP contribution in [0.3, 0.4) is 0 Å². The first-order chi connectivity index (χ1) is 14.2. The summed E-state index contributed by atoms with van der Waals surface area (Å²) in [4.78, 5) is 19.2. The van der Waals surface area contributed by atoms with Gasteiger partial charge in [0.1, 0.15) is 5.82 Å². The number of nitrogens with one attached hydrogen (secondary N) is 1. The molecule has 0 bridgehead atoms. The van der Waals surface area contributed by atoms with Crippen molar-refractivity contribution in [2.75, 3.05) is 44.2 Å². The van der Waals surface area contributed by atoms with E-state index in [2.05, 4.69) is 39.4 Å². The number of hydrogen-bond donors (Lipinski definition) is 1. The molecule has 2 aliphatic rings. The number of rotatable bonds is 4. The summed E-state index contributed by atoms with van der Waals surface area (Å²) in [5.41, 5.74) is 2.35. The zero-order valence-electron chi connectivity index (χ0n) is 16.8. The molecular weight excluding hydrogens is 367 g/mol. The number of hydrogen-bond acceptors (Lipinski definition) is 3. The topological polar surface area (TPSA) is 38.8 Å². The molecule has 2 amide bonds. The van der Waals surface area contributed by atoms with Gasteiger partial charge in [-0.2, -0.15) is 0 Å². The molecule has 0 radical (unpaired) electrons. The van der Waals surface area contributed by atoms with Crippen molar-refractivity contribution in [3.05, 3.63) is 66.0 Å². The molecule has 2 fully saturated rings. The van der Waals surface area contributed by atoms with Crippen LogP contribution in [0, 0.1) is 5.82 Å². The maximum absolute atomic E-state index is 13.1. The van der Waals surface area contributed by atoms with Gasteiger partial charge in [-0.3, -0.25) is 4.90 Å². The molecule has 0 aliphatic carbocycles.